The van der Waals surface area contributed by atoms with Gasteiger partial charge in [-0.25, -0.2) is 4.98 Å². The van der Waals surface area contributed by atoms with E-state index in [2.05, 4.69) is 31.5 Å². The van der Waals surface area contributed by atoms with Crippen LogP contribution in [0.2, 0.25) is 0 Å². The van der Waals surface area contributed by atoms with Crippen LogP contribution in [0, 0.1) is 6.92 Å². The molecule has 1 fully saturated rings. The van der Waals surface area contributed by atoms with Gasteiger partial charge in [-0.1, -0.05) is 6.07 Å². The number of anilines is 1. The normalized spacial score (nSPS) is 15.4. The Labute approximate surface area is 128 Å². The molecule has 22 heavy (non-hydrogen) atoms. The van der Waals surface area contributed by atoms with Crippen LogP contribution in [-0.2, 0) is 0 Å². The standard InChI is InChI=1S/C16H18N6/c1-11-13-8-12(2-3-14(13)21-20-11)15-9-18-10-16(19-15)22-6-4-17-5-7-22/h2-3,8-10,17H,4-7H2,1H3,(H,20,21). The largest absolute Gasteiger partial charge is 0.353 e. The summed E-state index contributed by atoms with van der Waals surface area (Å²) in [7, 11) is 0. The van der Waals surface area contributed by atoms with E-state index in [1.807, 2.05) is 31.5 Å². The zero-order valence-electron chi connectivity index (χ0n) is 12.5. The second kappa shape index (κ2) is 5.38. The summed E-state index contributed by atoms with van der Waals surface area (Å²) in [6, 6.07) is 6.20. The number of aromatic nitrogens is 4. The van der Waals surface area contributed by atoms with Crippen LogP contribution in [0.15, 0.2) is 30.6 Å². The first-order valence-corrected chi connectivity index (χ1v) is 7.54. The summed E-state index contributed by atoms with van der Waals surface area (Å²) < 4.78 is 0. The highest BCUT2D eigenvalue weighted by atomic mass is 15.2. The number of hydrogen-bond donors (Lipinski definition) is 2. The molecule has 1 saturated heterocycles. The number of aryl methyl sites for hydroxylation is 1. The topological polar surface area (TPSA) is 69.7 Å². The van der Waals surface area contributed by atoms with E-state index in [4.69, 9.17) is 4.98 Å². The molecule has 1 aliphatic rings. The van der Waals surface area contributed by atoms with Crippen molar-refractivity contribution in [2.45, 2.75) is 6.92 Å². The molecule has 0 amide bonds. The molecule has 2 N–H and O–H groups in total. The molecule has 3 heterocycles. The fourth-order valence-corrected chi connectivity index (χ4v) is 2.84. The summed E-state index contributed by atoms with van der Waals surface area (Å²) >= 11 is 0. The maximum Gasteiger partial charge on any atom is 0.147 e. The second-order valence-corrected chi connectivity index (χ2v) is 5.58. The summed E-state index contributed by atoms with van der Waals surface area (Å²) in [6.45, 7) is 5.95. The number of nitrogens with zero attached hydrogens (tertiary/aromatic N) is 4. The minimum Gasteiger partial charge on any atom is -0.353 e. The molecule has 0 atom stereocenters. The Balaban J connectivity index is 1.72. The number of benzene rings is 1. The number of fused-ring (bicyclic) bond motifs is 1. The number of hydrogen-bond acceptors (Lipinski definition) is 5. The number of aromatic amines is 1. The minimum atomic E-state index is 0.901. The fraction of sp³-hybridized carbons (Fsp3) is 0.312. The molecule has 1 aliphatic heterocycles. The van der Waals surface area contributed by atoms with E-state index in [0.717, 1.165) is 59.9 Å². The van der Waals surface area contributed by atoms with Gasteiger partial charge in [0.05, 0.1) is 23.6 Å². The summed E-state index contributed by atoms with van der Waals surface area (Å²) in [6.07, 6.45) is 3.67. The maximum atomic E-state index is 4.79. The molecule has 6 nitrogen and oxygen atoms in total. The SMILES string of the molecule is Cc1[nH]nc2ccc(-c3cncc(N4CCNCC4)n3)cc12. The monoisotopic (exact) mass is 294 g/mol. The maximum absolute atomic E-state index is 4.79. The van der Waals surface area contributed by atoms with Crippen molar-refractivity contribution < 1.29 is 0 Å². The Bertz CT molecular complexity index is 803. The molecule has 3 aromatic rings. The molecule has 6 heteroatoms. The van der Waals surface area contributed by atoms with Crippen LogP contribution >= 0.6 is 0 Å². The van der Waals surface area contributed by atoms with E-state index in [0.29, 0.717) is 0 Å². The van der Waals surface area contributed by atoms with Crippen LogP contribution in [0.3, 0.4) is 0 Å². The molecule has 2 aromatic heterocycles. The van der Waals surface area contributed by atoms with E-state index in [-0.39, 0.29) is 0 Å². The van der Waals surface area contributed by atoms with E-state index in [1.165, 1.54) is 0 Å². The highest BCUT2D eigenvalue weighted by Gasteiger charge is 2.13. The van der Waals surface area contributed by atoms with E-state index < -0.39 is 0 Å². The Morgan fingerprint density at radius 2 is 2.00 bits per heavy atom. The van der Waals surface area contributed by atoms with Crippen molar-refractivity contribution in [3.8, 4) is 11.3 Å². The van der Waals surface area contributed by atoms with Gasteiger partial charge in [0.2, 0.25) is 0 Å². The van der Waals surface area contributed by atoms with Crippen molar-refractivity contribution in [2.24, 2.45) is 0 Å². The predicted octanol–water partition coefficient (Wildman–Crippen LogP) is 1.74. The van der Waals surface area contributed by atoms with Crippen molar-refractivity contribution in [3.63, 3.8) is 0 Å². The van der Waals surface area contributed by atoms with Gasteiger partial charge >= 0.3 is 0 Å². The van der Waals surface area contributed by atoms with Gasteiger partial charge < -0.3 is 10.2 Å². The number of piperazine rings is 1. The van der Waals surface area contributed by atoms with Crippen LogP contribution in [-0.4, -0.2) is 46.3 Å². The van der Waals surface area contributed by atoms with Crippen LogP contribution in [0.1, 0.15) is 5.69 Å². The van der Waals surface area contributed by atoms with Crippen LogP contribution in [0.4, 0.5) is 5.82 Å². The summed E-state index contributed by atoms with van der Waals surface area (Å²) in [5.74, 6) is 0.947. The summed E-state index contributed by atoms with van der Waals surface area (Å²) in [4.78, 5) is 11.4. The highest BCUT2D eigenvalue weighted by Crippen LogP contribution is 2.24. The zero-order chi connectivity index (χ0) is 14.9. The lowest BCUT2D eigenvalue weighted by Crippen LogP contribution is -2.43. The average molecular weight is 294 g/mol. The van der Waals surface area contributed by atoms with Gasteiger partial charge in [-0.15, -0.1) is 0 Å². The lowest BCUT2D eigenvalue weighted by molar-refractivity contribution is 0.584. The third-order valence-corrected chi connectivity index (χ3v) is 4.10. The first-order chi connectivity index (χ1) is 10.8. The molecule has 0 aliphatic carbocycles. The van der Waals surface area contributed by atoms with Gasteiger partial charge in [-0.2, -0.15) is 5.10 Å². The van der Waals surface area contributed by atoms with Crippen molar-refractivity contribution in [1.82, 2.24) is 25.5 Å². The Kier molecular flexibility index (Phi) is 3.23. The predicted molar refractivity (Wildman–Crippen MR) is 86.9 cm³/mol. The first kappa shape index (κ1) is 13.2. The zero-order valence-corrected chi connectivity index (χ0v) is 12.5. The molecule has 0 bridgehead atoms. The number of nitrogens with one attached hydrogen (secondary N) is 2. The molecule has 4 rings (SSSR count). The molecule has 1 aromatic carbocycles. The van der Waals surface area contributed by atoms with Gasteiger partial charge in [0.15, 0.2) is 0 Å². The van der Waals surface area contributed by atoms with Crippen molar-refractivity contribution in [3.05, 3.63) is 36.3 Å². The van der Waals surface area contributed by atoms with E-state index >= 15 is 0 Å². The molecule has 112 valence electrons. The molecule has 0 spiro atoms. The van der Waals surface area contributed by atoms with Gasteiger partial charge in [-0.3, -0.25) is 10.1 Å². The van der Waals surface area contributed by atoms with Crippen LogP contribution in [0.25, 0.3) is 22.2 Å². The molecular weight excluding hydrogens is 276 g/mol. The van der Waals surface area contributed by atoms with Crippen molar-refractivity contribution in [2.75, 3.05) is 31.1 Å². The first-order valence-electron chi connectivity index (χ1n) is 7.54. The molecular formula is C16H18N6. The minimum absolute atomic E-state index is 0.901. The second-order valence-electron chi connectivity index (χ2n) is 5.58. The van der Waals surface area contributed by atoms with Gasteiger partial charge in [0, 0.05) is 42.8 Å². The Hall–Kier alpha value is -2.47. The lowest BCUT2D eigenvalue weighted by Gasteiger charge is -2.28. The Morgan fingerprint density at radius 3 is 2.86 bits per heavy atom. The van der Waals surface area contributed by atoms with Crippen LogP contribution in [0.5, 0.6) is 0 Å². The van der Waals surface area contributed by atoms with Gasteiger partial charge in [0.25, 0.3) is 0 Å². The molecule has 0 unspecified atom stereocenters. The van der Waals surface area contributed by atoms with Crippen molar-refractivity contribution >= 4 is 16.7 Å². The smallest absolute Gasteiger partial charge is 0.147 e. The fourth-order valence-electron chi connectivity index (χ4n) is 2.84. The lowest BCUT2D eigenvalue weighted by atomic mass is 10.1. The number of rotatable bonds is 2. The van der Waals surface area contributed by atoms with E-state index in [9.17, 15) is 0 Å². The van der Waals surface area contributed by atoms with Gasteiger partial charge in [0.1, 0.15) is 5.82 Å². The quantitative estimate of drug-likeness (QED) is 0.753. The molecule has 0 radical (unpaired) electrons. The average Bonchev–Trinajstić information content (AvgIpc) is 2.96. The summed E-state index contributed by atoms with van der Waals surface area (Å²) in [5, 5.41) is 11.8. The Morgan fingerprint density at radius 1 is 1.14 bits per heavy atom. The third kappa shape index (κ3) is 2.31. The van der Waals surface area contributed by atoms with Crippen molar-refractivity contribution in [1.29, 1.82) is 0 Å². The number of H-pyrrole nitrogens is 1. The summed E-state index contributed by atoms with van der Waals surface area (Å²) in [5.41, 5.74) is 4.02. The van der Waals surface area contributed by atoms with E-state index in [1.54, 1.807) is 0 Å². The molecule has 0 saturated carbocycles. The highest BCUT2D eigenvalue weighted by molar-refractivity contribution is 5.85. The third-order valence-electron chi connectivity index (χ3n) is 4.10. The van der Waals surface area contributed by atoms with Gasteiger partial charge in [-0.05, 0) is 19.1 Å². The van der Waals surface area contributed by atoms with Crippen LogP contribution < -0.4 is 10.2 Å².